The molecule has 0 aliphatic carbocycles. The van der Waals surface area contributed by atoms with E-state index in [1.807, 2.05) is 66.1 Å². The minimum atomic E-state index is -0.946. The number of carboxylic acid groups (broad SMARTS) is 1. The van der Waals surface area contributed by atoms with E-state index in [2.05, 4.69) is 29.5 Å². The number of carbonyl (C=O) groups is 5. The molecule has 6 atom stereocenters. The van der Waals surface area contributed by atoms with Gasteiger partial charge in [0.25, 0.3) is 5.91 Å². The molecule has 0 radical (unpaired) electrons. The minimum absolute atomic E-state index is 0.0668. The highest BCUT2D eigenvalue weighted by Crippen LogP contribution is 2.31. The molecule has 3 N–H and O–H groups in total. The standard InChI is InChI=1S/C40H63N5O7S/c1-14-25(6)34(43-39(51)40(9,10)44(11)12)37(48)45(13)32(24(4)5)21-33(52-27(8)46)36-42-31(22-53-36)35(47)41-30(19-26(7)38(49)50)20-28-15-17-29(18-16-28)23(2)3/h15-18,22-26,30,32-34H,14,19-21H2,1-13H3,(H,41,47)(H,43,51)(H,49,50)/t25-,26?,30+,32+,33+,34-/m0/s1. The Hall–Kier alpha value is -3.84. The van der Waals surface area contributed by atoms with Crippen molar-refractivity contribution in [3.8, 4) is 0 Å². The lowest BCUT2D eigenvalue weighted by Crippen LogP contribution is -2.60. The van der Waals surface area contributed by atoms with Crippen LogP contribution in [0.4, 0.5) is 0 Å². The molecular weight excluding hydrogens is 695 g/mol. The van der Waals surface area contributed by atoms with Gasteiger partial charge in [-0.3, -0.25) is 28.9 Å². The molecule has 1 aromatic carbocycles. The number of ether oxygens (including phenoxy) is 1. The van der Waals surface area contributed by atoms with E-state index >= 15 is 0 Å². The topological polar surface area (TPSA) is 158 Å². The number of nitrogens with one attached hydrogen (secondary N) is 2. The van der Waals surface area contributed by atoms with E-state index in [0.717, 1.165) is 5.56 Å². The summed E-state index contributed by atoms with van der Waals surface area (Å²) in [6.07, 6.45) is 0.689. The summed E-state index contributed by atoms with van der Waals surface area (Å²) in [5, 5.41) is 17.6. The molecule has 53 heavy (non-hydrogen) atoms. The van der Waals surface area contributed by atoms with Gasteiger partial charge in [0.2, 0.25) is 11.8 Å². The van der Waals surface area contributed by atoms with Crippen LogP contribution in [0.3, 0.4) is 0 Å². The molecule has 0 aliphatic heterocycles. The highest BCUT2D eigenvalue weighted by molar-refractivity contribution is 7.09. The number of rotatable bonds is 20. The molecule has 3 amide bonds. The summed E-state index contributed by atoms with van der Waals surface area (Å²) in [5.74, 6) is -2.98. The smallest absolute Gasteiger partial charge is 0.306 e. The number of benzene rings is 1. The second-order valence-corrected chi connectivity index (χ2v) is 16.6. The van der Waals surface area contributed by atoms with Crippen LogP contribution in [-0.2, 0) is 30.3 Å². The summed E-state index contributed by atoms with van der Waals surface area (Å²) in [4.78, 5) is 73.2. The van der Waals surface area contributed by atoms with Crippen molar-refractivity contribution in [3.63, 3.8) is 0 Å². The van der Waals surface area contributed by atoms with Crippen molar-refractivity contribution in [2.45, 2.75) is 131 Å². The summed E-state index contributed by atoms with van der Waals surface area (Å²) in [5.41, 5.74) is 1.44. The zero-order chi connectivity index (χ0) is 40.4. The predicted molar refractivity (Wildman–Crippen MR) is 209 cm³/mol. The first-order valence-electron chi connectivity index (χ1n) is 18.6. The summed E-state index contributed by atoms with van der Waals surface area (Å²) < 4.78 is 5.77. The lowest BCUT2D eigenvalue weighted by Gasteiger charge is -2.38. The van der Waals surface area contributed by atoms with Crippen LogP contribution in [0.5, 0.6) is 0 Å². The number of nitrogens with zero attached hydrogens (tertiary/aromatic N) is 3. The number of carboxylic acids is 1. The highest BCUT2D eigenvalue weighted by atomic mass is 32.1. The van der Waals surface area contributed by atoms with Crippen molar-refractivity contribution in [1.29, 1.82) is 0 Å². The third kappa shape index (κ3) is 12.9. The highest BCUT2D eigenvalue weighted by Gasteiger charge is 2.38. The van der Waals surface area contributed by atoms with E-state index in [1.165, 1.54) is 23.8 Å². The van der Waals surface area contributed by atoms with E-state index in [-0.39, 0.29) is 42.2 Å². The van der Waals surface area contributed by atoms with Gasteiger partial charge in [-0.2, -0.15) is 0 Å². The summed E-state index contributed by atoms with van der Waals surface area (Å²) in [6, 6.07) is 6.43. The fourth-order valence-electron chi connectivity index (χ4n) is 5.93. The van der Waals surface area contributed by atoms with Crippen molar-refractivity contribution < 1.29 is 33.8 Å². The number of thiazole rings is 1. The van der Waals surface area contributed by atoms with Gasteiger partial charge in [0.05, 0.1) is 11.5 Å². The van der Waals surface area contributed by atoms with Crippen LogP contribution in [0.1, 0.15) is 127 Å². The number of aromatic nitrogens is 1. The lowest BCUT2D eigenvalue weighted by molar-refractivity contribution is -0.149. The van der Waals surface area contributed by atoms with Gasteiger partial charge in [-0.1, -0.05) is 79.2 Å². The number of hydrogen-bond donors (Lipinski definition) is 3. The van der Waals surface area contributed by atoms with Crippen LogP contribution in [0, 0.1) is 17.8 Å². The molecule has 1 unspecified atom stereocenters. The second-order valence-electron chi connectivity index (χ2n) is 15.7. The van der Waals surface area contributed by atoms with Crippen molar-refractivity contribution in [1.82, 2.24) is 25.4 Å². The maximum atomic E-state index is 14.1. The average molecular weight is 758 g/mol. The first-order valence-corrected chi connectivity index (χ1v) is 19.5. The molecule has 0 aliphatic rings. The first kappa shape index (κ1) is 45.3. The van der Waals surface area contributed by atoms with Crippen molar-refractivity contribution in [3.05, 3.63) is 51.5 Å². The molecule has 1 aromatic heterocycles. The second kappa shape index (κ2) is 20.0. The van der Waals surface area contributed by atoms with Crippen molar-refractivity contribution >= 4 is 41.0 Å². The molecule has 0 spiro atoms. The van der Waals surface area contributed by atoms with Gasteiger partial charge in [-0.15, -0.1) is 11.3 Å². The Kier molecular flexibility index (Phi) is 17.1. The van der Waals surface area contributed by atoms with E-state index in [1.54, 1.807) is 43.0 Å². The first-order chi connectivity index (χ1) is 24.6. The summed E-state index contributed by atoms with van der Waals surface area (Å²) >= 11 is 1.18. The van der Waals surface area contributed by atoms with E-state index in [4.69, 9.17) is 4.74 Å². The van der Waals surface area contributed by atoms with Crippen LogP contribution in [0.25, 0.3) is 0 Å². The van der Waals surface area contributed by atoms with E-state index < -0.39 is 53.5 Å². The fraction of sp³-hybridized carbons (Fsp3) is 0.650. The Balaban J connectivity index is 2.36. The largest absolute Gasteiger partial charge is 0.481 e. The molecule has 0 saturated heterocycles. The molecule has 13 heteroatoms. The van der Waals surface area contributed by atoms with Crippen LogP contribution >= 0.6 is 11.3 Å². The summed E-state index contributed by atoms with van der Waals surface area (Å²) in [6.45, 7) is 18.6. The van der Waals surface area contributed by atoms with E-state index in [0.29, 0.717) is 23.8 Å². The molecular formula is C40H63N5O7S. The number of likely N-dealkylation sites (N-methyl/N-ethyl adjacent to an activating group) is 2. The number of amides is 3. The zero-order valence-corrected chi connectivity index (χ0v) is 34.8. The van der Waals surface area contributed by atoms with E-state index in [9.17, 15) is 29.1 Å². The van der Waals surface area contributed by atoms with Gasteiger partial charge < -0.3 is 25.4 Å². The number of esters is 1. The lowest BCUT2D eigenvalue weighted by atomic mass is 9.92. The molecule has 2 aromatic rings. The normalized spacial score (nSPS) is 15.3. The molecule has 0 saturated carbocycles. The Labute approximate surface area is 320 Å². The van der Waals surface area contributed by atoms with Crippen molar-refractivity contribution in [2.75, 3.05) is 21.1 Å². The molecule has 12 nitrogen and oxygen atoms in total. The maximum absolute atomic E-state index is 14.1. The monoisotopic (exact) mass is 757 g/mol. The molecule has 1 heterocycles. The Morgan fingerprint density at radius 1 is 0.943 bits per heavy atom. The third-order valence-electron chi connectivity index (χ3n) is 10.4. The SMILES string of the molecule is CC[C@H](C)[C@H](NC(=O)C(C)(C)N(C)C)C(=O)N(C)[C@H](C[C@@H](OC(C)=O)c1nc(C(=O)N[C@@H](Cc2ccc(C(C)C)cc2)CC(C)C(=O)O)cs1)C(C)C. The van der Waals surface area contributed by atoms with Crippen LogP contribution in [0.2, 0.25) is 0 Å². The molecule has 0 bridgehead atoms. The van der Waals surface area contributed by atoms with Gasteiger partial charge >= 0.3 is 11.9 Å². The van der Waals surface area contributed by atoms with Gasteiger partial charge in [0.1, 0.15) is 16.7 Å². The third-order valence-corrected chi connectivity index (χ3v) is 11.3. The summed E-state index contributed by atoms with van der Waals surface area (Å²) in [7, 11) is 5.33. The quantitative estimate of drug-likeness (QED) is 0.137. The maximum Gasteiger partial charge on any atom is 0.306 e. The Bertz CT molecular complexity index is 1540. The number of aliphatic carboxylic acids is 1. The van der Waals surface area contributed by atoms with Crippen LogP contribution < -0.4 is 10.6 Å². The zero-order valence-electron chi connectivity index (χ0n) is 34.0. The average Bonchev–Trinajstić information content (AvgIpc) is 3.58. The Morgan fingerprint density at radius 2 is 1.55 bits per heavy atom. The van der Waals surface area contributed by atoms with Crippen LogP contribution in [-0.4, -0.2) is 94.4 Å². The van der Waals surface area contributed by atoms with Gasteiger partial charge in [-0.05, 0) is 69.7 Å². The van der Waals surface area contributed by atoms with Gasteiger partial charge in [-0.25, -0.2) is 4.98 Å². The predicted octanol–water partition coefficient (Wildman–Crippen LogP) is 6.07. The fourth-order valence-corrected chi connectivity index (χ4v) is 6.77. The molecule has 2 rings (SSSR count). The Morgan fingerprint density at radius 3 is 2.04 bits per heavy atom. The van der Waals surface area contributed by atoms with Gasteiger partial charge in [0.15, 0.2) is 6.10 Å². The molecule has 0 fully saturated rings. The van der Waals surface area contributed by atoms with Gasteiger partial charge in [0, 0.05) is 37.9 Å². The molecule has 296 valence electrons. The van der Waals surface area contributed by atoms with Crippen LogP contribution in [0.15, 0.2) is 29.6 Å². The minimum Gasteiger partial charge on any atom is -0.481 e. The van der Waals surface area contributed by atoms with Crippen molar-refractivity contribution in [2.24, 2.45) is 17.8 Å². The number of hydrogen-bond acceptors (Lipinski definition) is 9. The number of carbonyl (C=O) groups excluding carboxylic acids is 4.